The molecule has 0 aromatic carbocycles. The summed E-state index contributed by atoms with van der Waals surface area (Å²) >= 11 is 0. The molecule has 0 aromatic heterocycles. The largest absolute Gasteiger partial charge is 0 e. The SMILES string of the molecule is [Cr].[Cu].[Fe].[Mo].[Ni].[Ti]. The van der Waals surface area contributed by atoms with Gasteiger partial charge in [0.1, 0.15) is 0 Å². The van der Waals surface area contributed by atoms with E-state index in [0.717, 1.165) is 0 Å². The van der Waals surface area contributed by atoms with Crippen molar-refractivity contribution in [3.63, 3.8) is 0 Å². The molecule has 0 atom stereocenters. The molecule has 0 saturated heterocycles. The Morgan fingerprint density at radius 2 is 1.00 bits per heavy atom. The second kappa shape index (κ2) is 39.3. The maximum Gasteiger partial charge on any atom is 0 e. The second-order valence-corrected chi connectivity index (χ2v) is 0. The van der Waals surface area contributed by atoms with E-state index >= 15 is 0 Å². The third-order valence-electron chi connectivity index (χ3n) is 0. The van der Waals surface area contributed by atoms with E-state index in [9.17, 15) is 0 Å². The summed E-state index contributed by atoms with van der Waals surface area (Å²) in [5, 5.41) is 0. The quantitative estimate of drug-likeness (QED) is 0.524. The molecule has 0 N–H and O–H groups in total. The Balaban J connectivity index is 0. The smallest absolute Gasteiger partial charge is 0 e. The van der Waals surface area contributed by atoms with E-state index < -0.39 is 0 Å². The summed E-state index contributed by atoms with van der Waals surface area (Å²) < 4.78 is 0. The molecule has 0 aliphatic carbocycles. The maximum absolute atomic E-state index is 0. The van der Waals surface area contributed by atoms with E-state index in [4.69, 9.17) is 0 Å². The molecule has 0 saturated carbocycles. The van der Waals surface area contributed by atoms with Crippen LogP contribution in [-0.2, 0) is 111 Å². The van der Waals surface area contributed by atoms with Gasteiger partial charge in [-0.15, -0.1) is 0 Å². The first-order valence-electron chi connectivity index (χ1n) is 0. The van der Waals surface area contributed by atoms with Crippen molar-refractivity contribution >= 4 is 0 Å². The van der Waals surface area contributed by atoms with Crippen LogP contribution in [-0.4, -0.2) is 0 Å². The Labute approximate surface area is 109 Å². The number of rotatable bonds is 0. The molecule has 45 valence electrons. The molecule has 0 unspecified atom stereocenters. The fraction of sp³-hybridized carbons (Fsp3) is 0. The van der Waals surface area contributed by atoms with Crippen molar-refractivity contribution in [1.29, 1.82) is 0 Å². The van der Waals surface area contributed by atoms with Crippen LogP contribution in [0.15, 0.2) is 0 Å². The van der Waals surface area contributed by atoms with Crippen molar-refractivity contribution in [2.75, 3.05) is 0 Å². The zero-order chi connectivity index (χ0) is 0. The van der Waals surface area contributed by atoms with Crippen LogP contribution < -0.4 is 0 Å². The van der Waals surface area contributed by atoms with Gasteiger partial charge < -0.3 is 0 Å². The molecule has 0 fully saturated rings. The molecule has 0 nitrogen and oxygen atoms in total. The van der Waals surface area contributed by atoms with Gasteiger partial charge >= 0.3 is 0 Å². The molecular formula is CrCuFeMoNiTi. The predicted molar refractivity (Wildman–Crippen MR) is 0 cm³/mol. The normalized spacial score (nSPS) is 0. The van der Waals surface area contributed by atoms with E-state index in [2.05, 4.69) is 0 Å². The van der Waals surface area contributed by atoms with Gasteiger partial charge in [0, 0.05) is 111 Å². The van der Waals surface area contributed by atoms with Crippen molar-refractivity contribution in [3.8, 4) is 0 Å². The number of hydrogen-bond acceptors (Lipinski definition) is 0. The fourth-order valence-electron chi connectivity index (χ4n) is 0. The molecule has 0 rings (SSSR count). The van der Waals surface area contributed by atoms with Crippen LogP contribution in [0, 0.1) is 0 Å². The zero-order valence-electron chi connectivity index (χ0n) is 2.29. The van der Waals surface area contributed by atoms with Gasteiger partial charge in [0.2, 0.25) is 0 Å². The van der Waals surface area contributed by atoms with E-state index in [0.29, 0.717) is 0 Å². The summed E-state index contributed by atoms with van der Waals surface area (Å²) in [5.74, 6) is 0. The third kappa shape index (κ3) is 26.0. The molecule has 0 heterocycles. The van der Waals surface area contributed by atoms with Gasteiger partial charge in [-0.25, -0.2) is 0 Å². The van der Waals surface area contributed by atoms with Crippen molar-refractivity contribution in [3.05, 3.63) is 0 Å². The van der Waals surface area contributed by atoms with Crippen LogP contribution in [0.2, 0.25) is 0 Å². The molecular weight excluding hydrogens is 374 g/mol. The number of hydrogen-bond donors (Lipinski definition) is 0. The Hall–Kier alpha value is 3.47. The molecule has 0 aliphatic rings. The first-order chi connectivity index (χ1) is 0. The first-order valence-corrected chi connectivity index (χ1v) is 0. The summed E-state index contributed by atoms with van der Waals surface area (Å²) in [7, 11) is 0. The zero-order valence-corrected chi connectivity index (χ0v) is 10.2. The summed E-state index contributed by atoms with van der Waals surface area (Å²) in [6.45, 7) is 0. The maximum atomic E-state index is 0. The summed E-state index contributed by atoms with van der Waals surface area (Å²) in [4.78, 5) is 0. The standard InChI is InChI=1S/Cr.Cu.Fe.Mo.Ni.Ti. The minimum absolute atomic E-state index is 0. The minimum atomic E-state index is 0. The average Bonchev–Trinajstić information content (AvgIpc) is 0. The van der Waals surface area contributed by atoms with Crippen molar-refractivity contribution in [1.82, 2.24) is 0 Å². The van der Waals surface area contributed by atoms with Gasteiger partial charge in [-0.3, -0.25) is 0 Å². The molecule has 0 spiro atoms. The van der Waals surface area contributed by atoms with Crippen LogP contribution in [0.3, 0.4) is 0 Å². The predicted octanol–water partition coefficient (Wildman–Crippen LogP) is -0.0150. The van der Waals surface area contributed by atoms with E-state index in [1.165, 1.54) is 0 Å². The van der Waals surface area contributed by atoms with E-state index in [-0.39, 0.29) is 111 Å². The summed E-state index contributed by atoms with van der Waals surface area (Å²) in [5.41, 5.74) is 0. The fourth-order valence-corrected chi connectivity index (χ4v) is 0. The Morgan fingerprint density at radius 1 is 1.00 bits per heavy atom. The Kier molecular flexibility index (Phi) is 370. The van der Waals surface area contributed by atoms with Gasteiger partial charge in [-0.2, -0.15) is 0 Å². The summed E-state index contributed by atoms with van der Waals surface area (Å²) in [6.07, 6.45) is 0. The van der Waals surface area contributed by atoms with Gasteiger partial charge in [-0.05, 0) is 0 Å². The van der Waals surface area contributed by atoms with E-state index in [1.54, 1.807) is 0 Å². The molecule has 0 aliphatic heterocycles. The minimum Gasteiger partial charge on any atom is 0 e. The molecule has 6 heavy (non-hydrogen) atoms. The third-order valence-corrected chi connectivity index (χ3v) is 0. The van der Waals surface area contributed by atoms with Crippen LogP contribution in [0.4, 0.5) is 0 Å². The second-order valence-electron chi connectivity index (χ2n) is 0. The van der Waals surface area contributed by atoms with Gasteiger partial charge in [-0.1, -0.05) is 0 Å². The summed E-state index contributed by atoms with van der Waals surface area (Å²) in [6, 6.07) is 0. The van der Waals surface area contributed by atoms with Crippen molar-refractivity contribution in [2.45, 2.75) is 0 Å². The molecule has 0 amide bonds. The molecule has 1 radical (unpaired) electrons. The van der Waals surface area contributed by atoms with Crippen LogP contribution in [0.1, 0.15) is 0 Å². The van der Waals surface area contributed by atoms with Crippen LogP contribution in [0.25, 0.3) is 0 Å². The van der Waals surface area contributed by atoms with Gasteiger partial charge in [0.05, 0.1) is 0 Å². The topological polar surface area (TPSA) is 0 Å². The van der Waals surface area contributed by atoms with Crippen LogP contribution in [0.5, 0.6) is 0 Å². The Bertz CT molecular complexity index is 15.5. The van der Waals surface area contributed by atoms with Crippen molar-refractivity contribution in [2.24, 2.45) is 0 Å². The Morgan fingerprint density at radius 3 is 1.00 bits per heavy atom. The van der Waals surface area contributed by atoms with Gasteiger partial charge in [0.25, 0.3) is 0 Å². The monoisotopic (exact) mass is 375 g/mol. The van der Waals surface area contributed by atoms with Crippen molar-refractivity contribution < 1.29 is 111 Å². The van der Waals surface area contributed by atoms with Crippen LogP contribution >= 0.6 is 0 Å². The molecule has 0 bridgehead atoms. The van der Waals surface area contributed by atoms with Gasteiger partial charge in [0.15, 0.2) is 0 Å². The molecule has 6 heteroatoms. The molecule has 0 aromatic rings. The average molecular weight is 374 g/mol. The van der Waals surface area contributed by atoms with E-state index in [1.807, 2.05) is 0 Å². The first kappa shape index (κ1) is 56.5.